The van der Waals surface area contributed by atoms with Crippen LogP contribution in [0.5, 0.6) is 0 Å². The van der Waals surface area contributed by atoms with E-state index < -0.39 is 5.97 Å². The van der Waals surface area contributed by atoms with Crippen molar-refractivity contribution in [1.82, 2.24) is 0 Å². The first kappa shape index (κ1) is 13.1. The Morgan fingerprint density at radius 2 is 2.06 bits per heavy atom. The number of halogens is 2. The third-order valence-corrected chi connectivity index (χ3v) is 3.74. The van der Waals surface area contributed by atoms with Gasteiger partial charge in [-0.3, -0.25) is 0 Å². The van der Waals surface area contributed by atoms with Crippen LogP contribution < -0.4 is 0 Å². The number of carbonyl (C=O) groups is 1. The molecule has 2 rings (SSSR count). The molecule has 1 aromatic carbocycles. The molecule has 0 amide bonds. The first-order valence-electron chi connectivity index (χ1n) is 5.02. The Labute approximate surface area is 118 Å². The van der Waals surface area contributed by atoms with E-state index in [4.69, 9.17) is 23.2 Å². The van der Waals surface area contributed by atoms with Crippen molar-refractivity contribution in [2.45, 2.75) is 0 Å². The Morgan fingerprint density at radius 1 is 1.28 bits per heavy atom. The maximum absolute atomic E-state index is 11.2. The molecule has 2 aromatic rings. The van der Waals surface area contributed by atoms with Crippen LogP contribution in [0.4, 0.5) is 0 Å². The molecule has 0 saturated carbocycles. The second-order valence-electron chi connectivity index (χ2n) is 3.51. The molecule has 0 saturated heterocycles. The van der Waals surface area contributed by atoms with Crippen molar-refractivity contribution in [3.8, 4) is 0 Å². The van der Waals surface area contributed by atoms with Crippen LogP contribution in [-0.2, 0) is 4.79 Å². The van der Waals surface area contributed by atoms with E-state index in [1.807, 2.05) is 5.38 Å². The highest BCUT2D eigenvalue weighted by atomic mass is 35.5. The molecule has 2 nitrogen and oxygen atoms in total. The van der Waals surface area contributed by atoms with Crippen LogP contribution in [0.15, 0.2) is 35.7 Å². The van der Waals surface area contributed by atoms with Gasteiger partial charge in [-0.25, -0.2) is 4.79 Å². The van der Waals surface area contributed by atoms with Crippen molar-refractivity contribution < 1.29 is 9.90 Å². The van der Waals surface area contributed by atoms with Gasteiger partial charge in [0.05, 0.1) is 5.57 Å². The van der Waals surface area contributed by atoms with E-state index in [0.29, 0.717) is 20.5 Å². The van der Waals surface area contributed by atoms with E-state index in [2.05, 4.69) is 0 Å². The van der Waals surface area contributed by atoms with Gasteiger partial charge >= 0.3 is 5.97 Å². The van der Waals surface area contributed by atoms with Crippen molar-refractivity contribution in [2.24, 2.45) is 0 Å². The molecule has 0 aliphatic rings. The van der Waals surface area contributed by atoms with Gasteiger partial charge in [0.25, 0.3) is 0 Å². The molecular formula is C13H8Cl2O2S. The molecule has 92 valence electrons. The summed E-state index contributed by atoms with van der Waals surface area (Å²) < 4.78 is 0. The lowest BCUT2D eigenvalue weighted by atomic mass is 10.1. The SMILES string of the molecule is O=C(O)/C(=C/c1ccc(Cl)cc1Cl)c1cccs1. The molecule has 0 aliphatic carbocycles. The molecule has 0 spiro atoms. The molecule has 0 radical (unpaired) electrons. The lowest BCUT2D eigenvalue weighted by Crippen LogP contribution is -1.97. The fourth-order valence-corrected chi connectivity index (χ4v) is 2.64. The second-order valence-corrected chi connectivity index (χ2v) is 5.30. The van der Waals surface area contributed by atoms with Crippen molar-refractivity contribution in [3.63, 3.8) is 0 Å². The maximum atomic E-state index is 11.2. The number of carboxylic acids is 1. The molecule has 5 heteroatoms. The highest BCUT2D eigenvalue weighted by Gasteiger charge is 2.12. The van der Waals surface area contributed by atoms with E-state index in [1.54, 1.807) is 36.4 Å². The van der Waals surface area contributed by atoms with Gasteiger partial charge in [0, 0.05) is 14.9 Å². The quantitative estimate of drug-likeness (QED) is 0.835. The van der Waals surface area contributed by atoms with Crippen LogP contribution in [0.25, 0.3) is 11.6 Å². The van der Waals surface area contributed by atoms with E-state index in [-0.39, 0.29) is 5.57 Å². The number of hydrogen-bond donors (Lipinski definition) is 1. The lowest BCUT2D eigenvalue weighted by molar-refractivity contribution is -0.130. The van der Waals surface area contributed by atoms with E-state index >= 15 is 0 Å². The maximum Gasteiger partial charge on any atom is 0.337 e. The summed E-state index contributed by atoms with van der Waals surface area (Å²) in [5.41, 5.74) is 0.848. The minimum Gasteiger partial charge on any atom is -0.478 e. The molecule has 0 unspecified atom stereocenters. The molecule has 1 aromatic heterocycles. The summed E-state index contributed by atoms with van der Waals surface area (Å²) in [4.78, 5) is 11.9. The summed E-state index contributed by atoms with van der Waals surface area (Å²) in [5.74, 6) is -0.983. The van der Waals surface area contributed by atoms with Crippen LogP contribution in [-0.4, -0.2) is 11.1 Å². The molecule has 0 aliphatic heterocycles. The number of thiophene rings is 1. The van der Waals surface area contributed by atoms with Crippen molar-refractivity contribution in [2.75, 3.05) is 0 Å². The fraction of sp³-hybridized carbons (Fsp3) is 0. The first-order valence-corrected chi connectivity index (χ1v) is 6.65. The number of benzene rings is 1. The molecule has 1 N–H and O–H groups in total. The second kappa shape index (κ2) is 5.57. The summed E-state index contributed by atoms with van der Waals surface area (Å²) in [6.45, 7) is 0. The van der Waals surface area contributed by atoms with Crippen LogP contribution in [0.2, 0.25) is 10.0 Å². The summed E-state index contributed by atoms with van der Waals surface area (Å²) in [7, 11) is 0. The van der Waals surface area contributed by atoms with Gasteiger partial charge in [-0.1, -0.05) is 35.3 Å². The van der Waals surface area contributed by atoms with Gasteiger partial charge in [0.1, 0.15) is 0 Å². The monoisotopic (exact) mass is 298 g/mol. The fourth-order valence-electron chi connectivity index (χ4n) is 1.44. The summed E-state index contributed by atoms with van der Waals surface area (Å²) >= 11 is 13.2. The van der Waals surface area contributed by atoms with Gasteiger partial charge in [0.15, 0.2) is 0 Å². The average Bonchev–Trinajstić information content (AvgIpc) is 2.80. The van der Waals surface area contributed by atoms with Crippen LogP contribution in [0.3, 0.4) is 0 Å². The molecular weight excluding hydrogens is 291 g/mol. The highest BCUT2D eigenvalue weighted by molar-refractivity contribution is 7.11. The Balaban J connectivity index is 2.49. The van der Waals surface area contributed by atoms with Crippen LogP contribution >= 0.6 is 34.5 Å². The third kappa shape index (κ3) is 2.93. The minimum absolute atomic E-state index is 0.217. The Hall–Kier alpha value is -1.29. The number of hydrogen-bond acceptors (Lipinski definition) is 2. The predicted octanol–water partition coefficient (Wildman–Crippen LogP) is 4.68. The normalized spacial score (nSPS) is 11.6. The minimum atomic E-state index is -0.983. The highest BCUT2D eigenvalue weighted by Crippen LogP contribution is 2.27. The van der Waals surface area contributed by atoms with Crippen LogP contribution in [0, 0.1) is 0 Å². The van der Waals surface area contributed by atoms with Crippen molar-refractivity contribution >= 4 is 52.2 Å². The Bertz CT molecular complexity index is 603. The zero-order chi connectivity index (χ0) is 13.1. The van der Waals surface area contributed by atoms with E-state index in [1.165, 1.54) is 11.3 Å². The lowest BCUT2D eigenvalue weighted by Gasteiger charge is -2.02. The van der Waals surface area contributed by atoms with Crippen LogP contribution in [0.1, 0.15) is 10.4 Å². The zero-order valence-corrected chi connectivity index (χ0v) is 11.4. The topological polar surface area (TPSA) is 37.3 Å². The number of carboxylic acid groups (broad SMARTS) is 1. The third-order valence-electron chi connectivity index (χ3n) is 2.28. The number of aliphatic carboxylic acids is 1. The smallest absolute Gasteiger partial charge is 0.337 e. The largest absolute Gasteiger partial charge is 0.478 e. The van der Waals surface area contributed by atoms with Gasteiger partial charge in [0.2, 0.25) is 0 Å². The van der Waals surface area contributed by atoms with Crippen molar-refractivity contribution in [1.29, 1.82) is 0 Å². The summed E-state index contributed by atoms with van der Waals surface area (Å²) in [5, 5.41) is 12.0. The standard InChI is InChI=1S/C13H8Cl2O2S/c14-9-4-3-8(11(15)7-9)6-10(13(16)17)12-2-1-5-18-12/h1-7H,(H,16,17)/b10-6+. The van der Waals surface area contributed by atoms with Gasteiger partial charge in [-0.05, 0) is 35.2 Å². The van der Waals surface area contributed by atoms with Gasteiger partial charge in [-0.15, -0.1) is 11.3 Å². The van der Waals surface area contributed by atoms with E-state index in [9.17, 15) is 9.90 Å². The number of rotatable bonds is 3. The predicted molar refractivity (Wildman–Crippen MR) is 76.3 cm³/mol. The Kier molecular flexibility index (Phi) is 4.07. The molecule has 0 atom stereocenters. The van der Waals surface area contributed by atoms with Gasteiger partial charge < -0.3 is 5.11 Å². The molecule has 0 bridgehead atoms. The average molecular weight is 299 g/mol. The Morgan fingerprint density at radius 3 is 2.61 bits per heavy atom. The zero-order valence-electron chi connectivity index (χ0n) is 9.06. The first-order chi connectivity index (χ1) is 8.58. The van der Waals surface area contributed by atoms with E-state index in [0.717, 1.165) is 0 Å². The molecule has 18 heavy (non-hydrogen) atoms. The van der Waals surface area contributed by atoms with Crippen molar-refractivity contribution in [3.05, 3.63) is 56.2 Å². The molecule has 1 heterocycles. The summed E-state index contributed by atoms with van der Waals surface area (Å²) in [6, 6.07) is 8.52. The summed E-state index contributed by atoms with van der Waals surface area (Å²) in [6.07, 6.45) is 1.55. The molecule has 0 fully saturated rings. The van der Waals surface area contributed by atoms with Gasteiger partial charge in [-0.2, -0.15) is 0 Å².